The van der Waals surface area contributed by atoms with Crippen LogP contribution in [0.1, 0.15) is 20.3 Å². The van der Waals surface area contributed by atoms with Gasteiger partial charge in [0.25, 0.3) is 0 Å². The second-order valence-corrected chi connectivity index (χ2v) is 4.96. The summed E-state index contributed by atoms with van der Waals surface area (Å²) in [5.41, 5.74) is 5.71. The Morgan fingerprint density at radius 1 is 1.47 bits per heavy atom. The largest absolute Gasteiger partial charge is 0.373 e. The Hall–Kier alpha value is -1.52. The van der Waals surface area contributed by atoms with E-state index in [1.165, 1.54) is 6.42 Å². The number of nitrogens with two attached hydrogens (primary N) is 1. The van der Waals surface area contributed by atoms with Crippen LogP contribution in [0.15, 0.2) is 6.07 Å². The maximum Gasteiger partial charge on any atom is 0.223 e. The van der Waals surface area contributed by atoms with E-state index in [0.29, 0.717) is 5.95 Å². The minimum absolute atomic E-state index is 0.333. The minimum Gasteiger partial charge on any atom is -0.373 e. The van der Waals surface area contributed by atoms with E-state index >= 15 is 0 Å². The van der Waals surface area contributed by atoms with Crippen molar-refractivity contribution >= 4 is 17.6 Å². The molecule has 17 heavy (non-hydrogen) atoms. The average molecular weight is 235 g/mol. The second-order valence-electron chi connectivity index (χ2n) is 4.96. The highest BCUT2D eigenvalue weighted by molar-refractivity contribution is 5.52. The zero-order chi connectivity index (χ0) is 12.4. The molecule has 1 saturated heterocycles. The van der Waals surface area contributed by atoms with Gasteiger partial charge in [0.15, 0.2) is 0 Å². The molecule has 1 unspecified atom stereocenters. The van der Waals surface area contributed by atoms with Crippen LogP contribution in [0.4, 0.5) is 17.6 Å². The van der Waals surface area contributed by atoms with Gasteiger partial charge in [-0.1, -0.05) is 13.8 Å². The molecule has 1 aliphatic heterocycles. The Labute approximate surface area is 102 Å². The van der Waals surface area contributed by atoms with E-state index in [1.54, 1.807) is 0 Å². The molecule has 0 radical (unpaired) electrons. The Morgan fingerprint density at radius 3 is 2.82 bits per heavy atom. The number of nitrogens with one attached hydrogen (secondary N) is 1. The predicted octanol–water partition coefficient (Wildman–Crippen LogP) is 1.58. The lowest BCUT2D eigenvalue weighted by Gasteiger charge is -2.19. The van der Waals surface area contributed by atoms with Gasteiger partial charge in [0.05, 0.1) is 0 Å². The fourth-order valence-corrected chi connectivity index (χ4v) is 2.28. The number of aromatic nitrogens is 2. The highest BCUT2D eigenvalue weighted by atomic mass is 15.2. The van der Waals surface area contributed by atoms with Crippen LogP contribution in [-0.4, -0.2) is 30.1 Å². The molecule has 0 spiro atoms. The molecule has 0 bridgehead atoms. The number of hydrogen-bond acceptors (Lipinski definition) is 5. The van der Waals surface area contributed by atoms with Crippen molar-refractivity contribution in [1.82, 2.24) is 9.97 Å². The van der Waals surface area contributed by atoms with Crippen molar-refractivity contribution < 1.29 is 0 Å². The van der Waals surface area contributed by atoms with Crippen molar-refractivity contribution in [2.75, 3.05) is 36.1 Å². The van der Waals surface area contributed by atoms with Crippen LogP contribution in [0.3, 0.4) is 0 Å². The molecule has 3 N–H and O–H groups in total. The van der Waals surface area contributed by atoms with Gasteiger partial charge >= 0.3 is 0 Å². The third-order valence-corrected chi connectivity index (χ3v) is 3.48. The molecule has 1 aromatic rings. The van der Waals surface area contributed by atoms with Crippen molar-refractivity contribution in [2.45, 2.75) is 20.3 Å². The molecule has 5 heteroatoms. The maximum absolute atomic E-state index is 5.71. The zero-order valence-electron chi connectivity index (χ0n) is 10.8. The van der Waals surface area contributed by atoms with Crippen LogP contribution in [-0.2, 0) is 0 Å². The van der Waals surface area contributed by atoms with Crippen LogP contribution in [0.25, 0.3) is 0 Å². The Balaban J connectivity index is 2.15. The fourth-order valence-electron chi connectivity index (χ4n) is 2.28. The van der Waals surface area contributed by atoms with Crippen molar-refractivity contribution in [3.63, 3.8) is 0 Å². The van der Waals surface area contributed by atoms with Crippen LogP contribution < -0.4 is 16.0 Å². The highest BCUT2D eigenvalue weighted by Gasteiger charge is 2.26. The van der Waals surface area contributed by atoms with E-state index in [1.807, 2.05) is 13.1 Å². The highest BCUT2D eigenvalue weighted by Crippen LogP contribution is 2.28. The molecule has 1 aliphatic rings. The van der Waals surface area contributed by atoms with Gasteiger partial charge < -0.3 is 16.0 Å². The summed E-state index contributed by atoms with van der Waals surface area (Å²) < 4.78 is 0. The van der Waals surface area contributed by atoms with Crippen molar-refractivity contribution in [2.24, 2.45) is 11.8 Å². The lowest BCUT2D eigenvalue weighted by Crippen LogP contribution is -2.23. The average Bonchev–Trinajstić information content (AvgIpc) is 2.77. The quantitative estimate of drug-likeness (QED) is 0.832. The monoisotopic (exact) mass is 235 g/mol. The summed E-state index contributed by atoms with van der Waals surface area (Å²) in [5.74, 6) is 3.53. The molecule has 0 aliphatic carbocycles. The summed E-state index contributed by atoms with van der Waals surface area (Å²) in [6, 6.07) is 1.96. The second kappa shape index (κ2) is 4.77. The van der Waals surface area contributed by atoms with E-state index in [0.717, 1.165) is 36.6 Å². The minimum atomic E-state index is 0.333. The molecule has 0 amide bonds. The maximum atomic E-state index is 5.71. The Kier molecular flexibility index (Phi) is 3.36. The van der Waals surface area contributed by atoms with Gasteiger partial charge in [-0.25, -0.2) is 0 Å². The number of nitrogens with zero attached hydrogens (tertiary/aromatic N) is 3. The molecule has 5 nitrogen and oxygen atoms in total. The van der Waals surface area contributed by atoms with Gasteiger partial charge in [0, 0.05) is 26.2 Å². The number of rotatable bonds is 3. The number of hydrogen-bond donors (Lipinski definition) is 2. The van der Waals surface area contributed by atoms with Gasteiger partial charge in [-0.3, -0.25) is 0 Å². The number of nitrogen functional groups attached to an aromatic ring is 1. The lowest BCUT2D eigenvalue weighted by atomic mass is 9.95. The standard InChI is InChI=1S/C12H21N5/c1-8(2)9-4-5-17(7-9)11-6-10(14-3)15-12(13)16-11/h6,8-9H,4-5,7H2,1-3H3,(H3,13,14,15,16). The molecular formula is C12H21N5. The van der Waals surface area contributed by atoms with Crippen molar-refractivity contribution in [3.8, 4) is 0 Å². The van der Waals surface area contributed by atoms with E-state index < -0.39 is 0 Å². The Bertz CT molecular complexity index is 390. The van der Waals surface area contributed by atoms with E-state index in [-0.39, 0.29) is 0 Å². The Morgan fingerprint density at radius 2 is 2.24 bits per heavy atom. The molecule has 2 heterocycles. The van der Waals surface area contributed by atoms with E-state index in [9.17, 15) is 0 Å². The van der Waals surface area contributed by atoms with Gasteiger partial charge in [0.2, 0.25) is 5.95 Å². The molecule has 0 saturated carbocycles. The van der Waals surface area contributed by atoms with Gasteiger partial charge in [0.1, 0.15) is 11.6 Å². The lowest BCUT2D eigenvalue weighted by molar-refractivity contribution is 0.422. The van der Waals surface area contributed by atoms with Gasteiger partial charge in [-0.15, -0.1) is 0 Å². The number of anilines is 3. The predicted molar refractivity (Wildman–Crippen MR) is 71.1 cm³/mol. The summed E-state index contributed by atoms with van der Waals surface area (Å²) in [6.45, 7) is 6.68. The first-order valence-electron chi connectivity index (χ1n) is 6.17. The summed E-state index contributed by atoms with van der Waals surface area (Å²) in [6.07, 6.45) is 1.23. The van der Waals surface area contributed by atoms with Crippen LogP contribution in [0.2, 0.25) is 0 Å². The first kappa shape index (κ1) is 12.0. The molecular weight excluding hydrogens is 214 g/mol. The summed E-state index contributed by atoms with van der Waals surface area (Å²) in [5, 5.41) is 3.01. The SMILES string of the molecule is CNc1cc(N2CCC(C(C)C)C2)nc(N)n1. The molecule has 94 valence electrons. The normalized spacial score (nSPS) is 20.0. The van der Waals surface area contributed by atoms with Crippen LogP contribution in [0.5, 0.6) is 0 Å². The smallest absolute Gasteiger partial charge is 0.223 e. The van der Waals surface area contributed by atoms with Crippen LogP contribution in [0, 0.1) is 11.8 Å². The molecule has 1 fully saturated rings. The first-order chi connectivity index (χ1) is 8.10. The fraction of sp³-hybridized carbons (Fsp3) is 0.667. The summed E-state index contributed by atoms with van der Waals surface area (Å²) in [4.78, 5) is 10.7. The van der Waals surface area contributed by atoms with Gasteiger partial charge in [-0.2, -0.15) is 9.97 Å². The third kappa shape index (κ3) is 2.60. The topological polar surface area (TPSA) is 67.1 Å². The molecule has 2 rings (SSSR count). The molecule has 1 aromatic heterocycles. The third-order valence-electron chi connectivity index (χ3n) is 3.48. The van der Waals surface area contributed by atoms with E-state index in [2.05, 4.69) is 34.0 Å². The zero-order valence-corrected chi connectivity index (χ0v) is 10.8. The first-order valence-corrected chi connectivity index (χ1v) is 6.17. The van der Waals surface area contributed by atoms with Crippen LogP contribution >= 0.6 is 0 Å². The molecule has 0 aromatic carbocycles. The summed E-state index contributed by atoms with van der Waals surface area (Å²) in [7, 11) is 1.84. The van der Waals surface area contributed by atoms with Gasteiger partial charge in [-0.05, 0) is 18.3 Å². The molecule has 1 atom stereocenters. The van der Waals surface area contributed by atoms with E-state index in [4.69, 9.17) is 5.73 Å². The summed E-state index contributed by atoms with van der Waals surface area (Å²) >= 11 is 0. The van der Waals surface area contributed by atoms with Crippen molar-refractivity contribution in [3.05, 3.63) is 6.07 Å². The van der Waals surface area contributed by atoms with Crippen molar-refractivity contribution in [1.29, 1.82) is 0 Å².